The number of imidazole rings is 1. The molecule has 2 heterocycles. The van der Waals surface area contributed by atoms with Crippen LogP contribution in [0.4, 0.5) is 0 Å². The standard InChI is InChI=1S/C13H14N2O2S/c16-13(17)9-4-1-5-10-12(9)15-11(14-10)7-8-3-2-6-18-8/h2-3,6,9H,1,4-5,7H2,(H,14,15)(H,16,17). The highest BCUT2D eigenvalue weighted by molar-refractivity contribution is 7.09. The van der Waals surface area contributed by atoms with Crippen LogP contribution < -0.4 is 0 Å². The number of hydrogen-bond acceptors (Lipinski definition) is 3. The van der Waals surface area contributed by atoms with Crippen LogP contribution in [0.1, 0.15) is 40.8 Å². The average molecular weight is 262 g/mol. The van der Waals surface area contributed by atoms with Gasteiger partial charge in [0.25, 0.3) is 0 Å². The van der Waals surface area contributed by atoms with Crippen molar-refractivity contribution in [2.75, 3.05) is 0 Å². The number of nitrogens with zero attached hydrogens (tertiary/aromatic N) is 1. The number of aryl methyl sites for hydroxylation is 1. The van der Waals surface area contributed by atoms with Crippen molar-refractivity contribution in [2.45, 2.75) is 31.6 Å². The van der Waals surface area contributed by atoms with E-state index < -0.39 is 11.9 Å². The maximum Gasteiger partial charge on any atom is 0.312 e. The molecule has 1 aliphatic rings. The van der Waals surface area contributed by atoms with Crippen molar-refractivity contribution >= 4 is 17.3 Å². The number of rotatable bonds is 3. The quantitative estimate of drug-likeness (QED) is 0.893. The lowest BCUT2D eigenvalue weighted by Gasteiger charge is -2.16. The third-order valence-corrected chi connectivity index (χ3v) is 4.21. The molecular weight excluding hydrogens is 248 g/mol. The Hall–Kier alpha value is -1.62. The number of fused-ring (bicyclic) bond motifs is 1. The predicted molar refractivity (Wildman–Crippen MR) is 69.0 cm³/mol. The summed E-state index contributed by atoms with van der Waals surface area (Å²) in [7, 11) is 0. The van der Waals surface area contributed by atoms with Crippen LogP contribution in [0, 0.1) is 0 Å². The molecule has 3 rings (SSSR count). The van der Waals surface area contributed by atoms with Crippen LogP contribution in [-0.2, 0) is 17.6 Å². The first-order valence-electron chi connectivity index (χ1n) is 6.07. The van der Waals surface area contributed by atoms with Gasteiger partial charge < -0.3 is 10.1 Å². The largest absolute Gasteiger partial charge is 0.481 e. The molecule has 0 spiro atoms. The van der Waals surface area contributed by atoms with E-state index in [-0.39, 0.29) is 0 Å². The van der Waals surface area contributed by atoms with E-state index >= 15 is 0 Å². The third-order valence-electron chi connectivity index (χ3n) is 3.33. The van der Waals surface area contributed by atoms with Crippen molar-refractivity contribution in [1.29, 1.82) is 0 Å². The van der Waals surface area contributed by atoms with Gasteiger partial charge in [0, 0.05) is 17.0 Å². The molecule has 2 aromatic heterocycles. The van der Waals surface area contributed by atoms with Gasteiger partial charge in [-0.2, -0.15) is 0 Å². The lowest BCUT2D eigenvalue weighted by atomic mass is 9.90. The average Bonchev–Trinajstić information content (AvgIpc) is 2.96. The van der Waals surface area contributed by atoms with E-state index in [1.165, 1.54) is 4.88 Å². The number of carbonyl (C=O) groups is 1. The van der Waals surface area contributed by atoms with Crippen LogP contribution in [0.15, 0.2) is 17.5 Å². The Balaban J connectivity index is 1.89. The lowest BCUT2D eigenvalue weighted by Crippen LogP contribution is -2.17. The molecule has 0 fully saturated rings. The summed E-state index contributed by atoms with van der Waals surface area (Å²) in [5, 5.41) is 11.2. The second-order valence-electron chi connectivity index (χ2n) is 4.59. The molecule has 0 amide bonds. The van der Waals surface area contributed by atoms with Crippen molar-refractivity contribution in [2.24, 2.45) is 0 Å². The molecule has 4 nitrogen and oxygen atoms in total. The zero-order chi connectivity index (χ0) is 12.5. The number of aliphatic carboxylic acids is 1. The summed E-state index contributed by atoms with van der Waals surface area (Å²) < 4.78 is 0. The van der Waals surface area contributed by atoms with Crippen LogP contribution in [0.5, 0.6) is 0 Å². The van der Waals surface area contributed by atoms with Crippen molar-refractivity contribution in [3.8, 4) is 0 Å². The van der Waals surface area contributed by atoms with E-state index in [0.29, 0.717) is 6.42 Å². The first-order valence-corrected chi connectivity index (χ1v) is 6.95. The number of aromatic nitrogens is 2. The molecule has 94 valence electrons. The molecule has 5 heteroatoms. The number of carboxylic acids is 1. The minimum absolute atomic E-state index is 0.429. The second kappa shape index (κ2) is 4.57. The Morgan fingerprint density at radius 2 is 2.50 bits per heavy atom. The van der Waals surface area contributed by atoms with Crippen LogP contribution in [-0.4, -0.2) is 21.0 Å². The number of hydrogen-bond donors (Lipinski definition) is 2. The molecule has 1 unspecified atom stereocenters. The maximum absolute atomic E-state index is 11.2. The topological polar surface area (TPSA) is 66.0 Å². The smallest absolute Gasteiger partial charge is 0.312 e. The van der Waals surface area contributed by atoms with Crippen molar-refractivity contribution in [3.05, 3.63) is 39.6 Å². The molecule has 1 aliphatic carbocycles. The summed E-state index contributed by atoms with van der Waals surface area (Å²) in [6, 6.07) is 4.09. The SMILES string of the molecule is O=C(O)C1CCCc2[nH]c(Cc3cccs3)nc21. The fourth-order valence-electron chi connectivity index (χ4n) is 2.48. The van der Waals surface area contributed by atoms with Gasteiger partial charge in [-0.05, 0) is 30.7 Å². The minimum Gasteiger partial charge on any atom is -0.481 e. The number of aromatic amines is 1. The molecule has 0 saturated heterocycles. The highest BCUT2D eigenvalue weighted by Crippen LogP contribution is 2.30. The lowest BCUT2D eigenvalue weighted by molar-refractivity contribution is -0.139. The van der Waals surface area contributed by atoms with E-state index in [1.54, 1.807) is 11.3 Å². The van der Waals surface area contributed by atoms with Gasteiger partial charge >= 0.3 is 5.97 Å². The van der Waals surface area contributed by atoms with E-state index in [4.69, 9.17) is 0 Å². The van der Waals surface area contributed by atoms with Crippen molar-refractivity contribution in [3.63, 3.8) is 0 Å². The Kier molecular flexibility index (Phi) is 2.91. The van der Waals surface area contributed by atoms with Gasteiger partial charge in [-0.15, -0.1) is 11.3 Å². The van der Waals surface area contributed by atoms with Crippen LogP contribution in [0.2, 0.25) is 0 Å². The van der Waals surface area contributed by atoms with Gasteiger partial charge in [0.1, 0.15) is 11.7 Å². The number of thiophene rings is 1. The van der Waals surface area contributed by atoms with Gasteiger partial charge in [0.05, 0.1) is 5.69 Å². The van der Waals surface area contributed by atoms with E-state index in [0.717, 1.165) is 36.5 Å². The molecule has 2 aromatic rings. The first kappa shape index (κ1) is 11.5. The predicted octanol–water partition coefficient (Wildman–Crippen LogP) is 2.57. The van der Waals surface area contributed by atoms with Gasteiger partial charge in [-0.1, -0.05) is 6.07 Å². The normalized spacial score (nSPS) is 18.6. The first-order chi connectivity index (χ1) is 8.74. The van der Waals surface area contributed by atoms with E-state index in [9.17, 15) is 9.90 Å². The van der Waals surface area contributed by atoms with E-state index in [1.807, 2.05) is 11.4 Å². The number of nitrogens with one attached hydrogen (secondary N) is 1. The summed E-state index contributed by atoms with van der Waals surface area (Å²) in [6.45, 7) is 0. The molecule has 0 aliphatic heterocycles. The fraction of sp³-hybridized carbons (Fsp3) is 0.385. The minimum atomic E-state index is -0.759. The van der Waals surface area contributed by atoms with Crippen LogP contribution in [0.3, 0.4) is 0 Å². The Morgan fingerprint density at radius 1 is 1.61 bits per heavy atom. The molecule has 0 saturated carbocycles. The zero-order valence-corrected chi connectivity index (χ0v) is 10.7. The summed E-state index contributed by atoms with van der Waals surface area (Å²) in [4.78, 5) is 20.2. The third kappa shape index (κ3) is 2.06. The number of carboxylic acid groups (broad SMARTS) is 1. The highest BCUT2D eigenvalue weighted by Gasteiger charge is 2.29. The molecule has 0 bridgehead atoms. The number of H-pyrrole nitrogens is 1. The Morgan fingerprint density at radius 3 is 3.22 bits per heavy atom. The molecule has 2 N–H and O–H groups in total. The highest BCUT2D eigenvalue weighted by atomic mass is 32.1. The molecular formula is C13H14N2O2S. The zero-order valence-electron chi connectivity index (χ0n) is 9.85. The summed E-state index contributed by atoms with van der Waals surface area (Å²) in [5.74, 6) is -0.303. The summed E-state index contributed by atoms with van der Waals surface area (Å²) in [6.07, 6.45) is 3.30. The van der Waals surface area contributed by atoms with Crippen molar-refractivity contribution in [1.82, 2.24) is 9.97 Å². The van der Waals surface area contributed by atoms with Crippen LogP contribution in [0.25, 0.3) is 0 Å². The molecule has 1 atom stereocenters. The molecule has 0 radical (unpaired) electrons. The van der Waals surface area contributed by atoms with Gasteiger partial charge in [0.2, 0.25) is 0 Å². The molecule has 18 heavy (non-hydrogen) atoms. The maximum atomic E-state index is 11.2. The van der Waals surface area contributed by atoms with Gasteiger partial charge in [-0.3, -0.25) is 4.79 Å². The summed E-state index contributed by atoms with van der Waals surface area (Å²) in [5.41, 5.74) is 1.76. The summed E-state index contributed by atoms with van der Waals surface area (Å²) >= 11 is 1.69. The second-order valence-corrected chi connectivity index (χ2v) is 5.62. The fourth-order valence-corrected chi connectivity index (χ4v) is 3.19. The monoisotopic (exact) mass is 262 g/mol. The molecule has 0 aromatic carbocycles. The van der Waals surface area contributed by atoms with Gasteiger partial charge in [0.15, 0.2) is 0 Å². The van der Waals surface area contributed by atoms with Crippen molar-refractivity contribution < 1.29 is 9.90 Å². The Labute approximate surface area is 109 Å². The van der Waals surface area contributed by atoms with Gasteiger partial charge in [-0.25, -0.2) is 4.98 Å². The van der Waals surface area contributed by atoms with Crippen LogP contribution >= 0.6 is 11.3 Å². The Bertz CT molecular complexity index is 560. The van der Waals surface area contributed by atoms with E-state index in [2.05, 4.69) is 16.0 Å².